The monoisotopic (exact) mass is 381 g/mol. The van der Waals surface area contributed by atoms with Gasteiger partial charge in [-0.2, -0.15) is 0 Å². The van der Waals surface area contributed by atoms with E-state index in [4.69, 9.17) is 16.3 Å². The van der Waals surface area contributed by atoms with Crippen LogP contribution in [0.15, 0.2) is 54.6 Å². The summed E-state index contributed by atoms with van der Waals surface area (Å²) in [4.78, 5) is 39.9. The van der Waals surface area contributed by atoms with Gasteiger partial charge in [-0.1, -0.05) is 48.0 Å². The average molecular weight is 382 g/mol. The molecule has 0 saturated heterocycles. The lowest BCUT2D eigenvalue weighted by Gasteiger charge is -2.41. The number of carbonyl (C=O) groups excluding carboxylic acids is 3. The Kier molecular flexibility index (Phi) is 3.93. The summed E-state index contributed by atoms with van der Waals surface area (Å²) in [5.74, 6) is -1.64. The van der Waals surface area contributed by atoms with Crippen LogP contribution in [0.3, 0.4) is 0 Å². The normalized spacial score (nSPS) is 21.6. The summed E-state index contributed by atoms with van der Waals surface area (Å²) in [6.45, 7) is 3.49. The van der Waals surface area contributed by atoms with Crippen LogP contribution in [0.2, 0.25) is 5.02 Å². The molecule has 0 fully saturated rings. The molecule has 0 aromatic heterocycles. The maximum atomic E-state index is 13.5. The number of hydrogen-bond acceptors (Lipinski definition) is 4. The molecule has 2 aromatic rings. The molecule has 0 saturated carbocycles. The first-order valence-corrected chi connectivity index (χ1v) is 8.93. The minimum absolute atomic E-state index is 0.332. The van der Waals surface area contributed by atoms with Crippen molar-refractivity contribution >= 4 is 35.0 Å². The molecule has 2 aliphatic heterocycles. The Morgan fingerprint density at radius 2 is 1.59 bits per heavy atom. The van der Waals surface area contributed by atoms with E-state index < -0.39 is 29.4 Å². The molecule has 0 N–H and O–H groups in total. The molecule has 0 radical (unpaired) electrons. The molecule has 0 bridgehead atoms. The first-order valence-electron chi connectivity index (χ1n) is 8.55. The van der Waals surface area contributed by atoms with Crippen molar-refractivity contribution in [2.45, 2.75) is 25.5 Å². The molecule has 0 aliphatic carbocycles. The fourth-order valence-corrected chi connectivity index (χ4v) is 3.95. The molecule has 2 aliphatic rings. The predicted molar refractivity (Wildman–Crippen MR) is 100.0 cm³/mol. The van der Waals surface area contributed by atoms with E-state index in [2.05, 4.69) is 0 Å². The highest BCUT2D eigenvalue weighted by Crippen LogP contribution is 2.50. The number of nitrogens with zero attached hydrogens (tertiary/aromatic N) is 1. The Morgan fingerprint density at radius 1 is 0.963 bits per heavy atom. The molecule has 27 heavy (non-hydrogen) atoms. The molecule has 2 heterocycles. The molecule has 2 aromatic carbocycles. The minimum Gasteiger partial charge on any atom is -0.436 e. The highest BCUT2D eigenvalue weighted by Gasteiger charge is 2.59. The molecule has 1 spiro atoms. The van der Waals surface area contributed by atoms with E-state index in [0.29, 0.717) is 27.3 Å². The molecule has 1 atom stereocenters. The summed E-state index contributed by atoms with van der Waals surface area (Å²) in [6.07, 6.45) is 1.28. The van der Waals surface area contributed by atoms with Crippen molar-refractivity contribution in [3.8, 4) is 0 Å². The van der Waals surface area contributed by atoms with Crippen molar-refractivity contribution < 1.29 is 19.1 Å². The Labute approximate surface area is 161 Å². The van der Waals surface area contributed by atoms with Crippen molar-refractivity contribution in [2.75, 3.05) is 0 Å². The van der Waals surface area contributed by atoms with E-state index in [1.165, 1.54) is 6.08 Å². The molecule has 136 valence electrons. The smallest absolute Gasteiger partial charge is 0.332 e. The lowest BCUT2D eigenvalue weighted by atomic mass is 9.76. The van der Waals surface area contributed by atoms with Gasteiger partial charge in [0.2, 0.25) is 5.60 Å². The van der Waals surface area contributed by atoms with Gasteiger partial charge >= 0.3 is 5.97 Å². The SMILES string of the molecule is CC(C)N1C(=O)c2ccccc2C2(OC(=O)C=C2c2ccccc2Cl)C1=O. The second-order valence-electron chi connectivity index (χ2n) is 6.76. The van der Waals surface area contributed by atoms with E-state index in [1.807, 2.05) is 0 Å². The molecule has 5 nitrogen and oxygen atoms in total. The summed E-state index contributed by atoms with van der Waals surface area (Å²) in [6, 6.07) is 13.2. The fourth-order valence-electron chi connectivity index (χ4n) is 3.71. The van der Waals surface area contributed by atoms with E-state index >= 15 is 0 Å². The third-order valence-electron chi connectivity index (χ3n) is 4.85. The lowest BCUT2D eigenvalue weighted by molar-refractivity contribution is -0.162. The number of rotatable bonds is 2. The highest BCUT2D eigenvalue weighted by molar-refractivity contribution is 6.33. The van der Waals surface area contributed by atoms with Crippen LogP contribution in [-0.2, 0) is 19.9 Å². The molecule has 1 unspecified atom stereocenters. The third kappa shape index (κ3) is 2.35. The molecular formula is C21H16ClNO4. The van der Waals surface area contributed by atoms with Gasteiger partial charge in [0.05, 0.1) is 0 Å². The summed E-state index contributed by atoms with van der Waals surface area (Å²) >= 11 is 6.36. The van der Waals surface area contributed by atoms with Crippen LogP contribution in [0.25, 0.3) is 5.57 Å². The van der Waals surface area contributed by atoms with E-state index in [9.17, 15) is 14.4 Å². The van der Waals surface area contributed by atoms with Crippen LogP contribution in [0.1, 0.15) is 35.3 Å². The number of amides is 2. The summed E-state index contributed by atoms with van der Waals surface area (Å²) < 4.78 is 5.65. The van der Waals surface area contributed by atoms with Crippen LogP contribution < -0.4 is 0 Å². The zero-order valence-electron chi connectivity index (χ0n) is 14.7. The lowest BCUT2D eigenvalue weighted by Crippen LogP contribution is -2.57. The van der Waals surface area contributed by atoms with Gasteiger partial charge in [0, 0.05) is 39.4 Å². The first-order chi connectivity index (χ1) is 12.9. The summed E-state index contributed by atoms with van der Waals surface area (Å²) in [5, 5.41) is 0.389. The van der Waals surface area contributed by atoms with Crippen LogP contribution in [-0.4, -0.2) is 28.7 Å². The van der Waals surface area contributed by atoms with Gasteiger partial charge in [0.25, 0.3) is 11.8 Å². The topological polar surface area (TPSA) is 63.7 Å². The van der Waals surface area contributed by atoms with E-state index in [1.54, 1.807) is 62.4 Å². The van der Waals surface area contributed by atoms with E-state index in [0.717, 1.165) is 4.90 Å². The largest absolute Gasteiger partial charge is 0.436 e. The zero-order chi connectivity index (χ0) is 19.3. The first kappa shape index (κ1) is 17.5. The van der Waals surface area contributed by atoms with E-state index in [-0.39, 0.29) is 0 Å². The Morgan fingerprint density at radius 3 is 2.26 bits per heavy atom. The van der Waals surface area contributed by atoms with Crippen molar-refractivity contribution in [3.05, 3.63) is 76.3 Å². The van der Waals surface area contributed by atoms with Gasteiger partial charge in [-0.25, -0.2) is 4.79 Å². The number of halogens is 1. The summed E-state index contributed by atoms with van der Waals surface area (Å²) in [5.41, 5.74) is -0.177. The number of hydrogen-bond donors (Lipinski definition) is 0. The van der Waals surface area contributed by atoms with Crippen molar-refractivity contribution in [3.63, 3.8) is 0 Å². The van der Waals surface area contributed by atoms with Gasteiger partial charge in [-0.05, 0) is 26.0 Å². The van der Waals surface area contributed by atoms with Crippen LogP contribution >= 0.6 is 11.6 Å². The standard InChI is InChI=1S/C21H16ClNO4/c1-12(2)23-19(25)14-8-3-5-9-15(14)21(20(23)26)16(11-18(24)27-21)13-7-4-6-10-17(13)22/h3-12H,1-2H3. The van der Waals surface area contributed by atoms with Crippen molar-refractivity contribution in [1.82, 2.24) is 4.90 Å². The van der Waals surface area contributed by atoms with Crippen LogP contribution in [0, 0.1) is 0 Å². The number of fused-ring (bicyclic) bond motifs is 2. The van der Waals surface area contributed by atoms with Crippen molar-refractivity contribution in [1.29, 1.82) is 0 Å². The summed E-state index contributed by atoms with van der Waals surface area (Å²) in [7, 11) is 0. The van der Waals surface area contributed by atoms with Gasteiger partial charge < -0.3 is 4.74 Å². The Bertz CT molecular complexity index is 1030. The van der Waals surface area contributed by atoms with Gasteiger partial charge in [-0.3, -0.25) is 14.5 Å². The van der Waals surface area contributed by atoms with Crippen LogP contribution in [0.4, 0.5) is 0 Å². The molecule has 6 heteroatoms. The average Bonchev–Trinajstić information content (AvgIpc) is 2.98. The van der Waals surface area contributed by atoms with Gasteiger partial charge in [0.1, 0.15) is 0 Å². The third-order valence-corrected chi connectivity index (χ3v) is 5.18. The number of carbonyl (C=O) groups is 3. The second-order valence-corrected chi connectivity index (χ2v) is 7.17. The zero-order valence-corrected chi connectivity index (χ0v) is 15.5. The van der Waals surface area contributed by atoms with Gasteiger partial charge in [-0.15, -0.1) is 0 Å². The van der Waals surface area contributed by atoms with Crippen molar-refractivity contribution in [2.24, 2.45) is 0 Å². The van der Waals surface area contributed by atoms with Gasteiger partial charge in [0.15, 0.2) is 0 Å². The minimum atomic E-state index is -1.73. The highest BCUT2D eigenvalue weighted by atomic mass is 35.5. The maximum Gasteiger partial charge on any atom is 0.332 e. The number of esters is 1. The maximum absolute atomic E-state index is 13.5. The number of ether oxygens (including phenoxy) is 1. The quantitative estimate of drug-likeness (QED) is 0.589. The fraction of sp³-hybridized carbons (Fsp3) is 0.190. The molecule has 4 rings (SSSR count). The number of imide groups is 1. The number of benzene rings is 2. The second kappa shape index (κ2) is 6.06. The Hall–Kier alpha value is -2.92. The molecule has 2 amide bonds. The van der Waals surface area contributed by atoms with Crippen LogP contribution in [0.5, 0.6) is 0 Å². The Balaban J connectivity index is 2.05. The predicted octanol–water partition coefficient (Wildman–Crippen LogP) is 3.57. The molecular weight excluding hydrogens is 366 g/mol.